The third-order valence-electron chi connectivity index (χ3n) is 1.82. The van der Waals surface area contributed by atoms with Gasteiger partial charge in [0.2, 0.25) is 0 Å². The highest BCUT2D eigenvalue weighted by Gasteiger charge is 2.13. The second-order valence-electron chi connectivity index (χ2n) is 2.78. The topological polar surface area (TPSA) is 65.2 Å². The van der Waals surface area contributed by atoms with Crippen LogP contribution in [0.2, 0.25) is 0 Å². The van der Waals surface area contributed by atoms with Gasteiger partial charge in [-0.15, -0.1) is 0 Å². The Morgan fingerprint density at radius 2 is 2.33 bits per heavy atom. The first-order valence-electron chi connectivity index (χ1n) is 4.27. The van der Waals surface area contributed by atoms with Crippen LogP contribution in [0.1, 0.15) is 10.5 Å². The van der Waals surface area contributed by atoms with Crippen LogP contribution in [-0.2, 0) is 4.74 Å². The minimum atomic E-state index is -0.527. The van der Waals surface area contributed by atoms with E-state index in [1.807, 2.05) is 6.07 Å². The van der Waals surface area contributed by atoms with Crippen LogP contribution in [0.3, 0.4) is 0 Å². The largest absolute Gasteiger partial charge is 0.464 e. The Morgan fingerprint density at radius 3 is 3.00 bits per heavy atom. The number of hydrogen-bond donors (Lipinski definition) is 0. The molecule has 0 N–H and O–H groups in total. The number of pyridine rings is 1. The highest BCUT2D eigenvalue weighted by Crippen LogP contribution is 2.17. The number of hydrogen-bond acceptors (Lipinski definition) is 5. The minimum absolute atomic E-state index is 0.137. The van der Waals surface area contributed by atoms with Crippen molar-refractivity contribution in [3.05, 3.63) is 36.2 Å². The van der Waals surface area contributed by atoms with Gasteiger partial charge in [0.25, 0.3) is 0 Å². The molecule has 0 amide bonds. The van der Waals surface area contributed by atoms with Gasteiger partial charge >= 0.3 is 5.97 Å². The van der Waals surface area contributed by atoms with Gasteiger partial charge in [-0.1, -0.05) is 11.2 Å². The molecule has 0 fully saturated rings. The molecule has 76 valence electrons. The molecule has 0 aliphatic rings. The Balaban J connectivity index is 2.32. The third kappa shape index (κ3) is 1.85. The SMILES string of the molecule is COC(=O)c1cc(-c2ccccn2)on1. The maximum Gasteiger partial charge on any atom is 0.360 e. The Labute approximate surface area is 85.7 Å². The molecule has 0 saturated carbocycles. The van der Waals surface area contributed by atoms with Crippen LogP contribution in [-0.4, -0.2) is 23.2 Å². The number of nitrogens with zero attached hydrogens (tertiary/aromatic N) is 2. The van der Waals surface area contributed by atoms with Gasteiger partial charge in [0.1, 0.15) is 5.69 Å². The fourth-order valence-corrected chi connectivity index (χ4v) is 1.11. The second-order valence-corrected chi connectivity index (χ2v) is 2.78. The Morgan fingerprint density at radius 1 is 1.47 bits per heavy atom. The molecule has 0 bridgehead atoms. The average Bonchev–Trinajstić information content (AvgIpc) is 2.78. The van der Waals surface area contributed by atoms with E-state index in [1.165, 1.54) is 13.2 Å². The summed E-state index contributed by atoms with van der Waals surface area (Å²) in [7, 11) is 1.29. The zero-order chi connectivity index (χ0) is 10.7. The van der Waals surface area contributed by atoms with Gasteiger partial charge in [0.15, 0.2) is 11.5 Å². The smallest absolute Gasteiger partial charge is 0.360 e. The first-order valence-corrected chi connectivity index (χ1v) is 4.27. The normalized spacial score (nSPS) is 9.93. The van der Waals surface area contributed by atoms with E-state index < -0.39 is 5.97 Å². The Bertz CT molecular complexity index is 465. The van der Waals surface area contributed by atoms with Crippen molar-refractivity contribution in [1.29, 1.82) is 0 Å². The van der Waals surface area contributed by atoms with Gasteiger partial charge in [-0.2, -0.15) is 0 Å². The number of rotatable bonds is 2. The van der Waals surface area contributed by atoms with Crippen LogP contribution < -0.4 is 0 Å². The van der Waals surface area contributed by atoms with E-state index in [9.17, 15) is 4.79 Å². The van der Waals surface area contributed by atoms with Crippen LogP contribution in [0.5, 0.6) is 0 Å². The van der Waals surface area contributed by atoms with Crippen LogP contribution in [0.15, 0.2) is 35.0 Å². The quantitative estimate of drug-likeness (QED) is 0.694. The maximum absolute atomic E-state index is 11.1. The minimum Gasteiger partial charge on any atom is -0.464 e. The van der Waals surface area contributed by atoms with Crippen LogP contribution >= 0.6 is 0 Å². The first kappa shape index (κ1) is 9.39. The number of carbonyl (C=O) groups is 1. The zero-order valence-corrected chi connectivity index (χ0v) is 8.01. The van der Waals surface area contributed by atoms with E-state index in [4.69, 9.17) is 4.52 Å². The Kier molecular flexibility index (Phi) is 2.45. The summed E-state index contributed by atoms with van der Waals surface area (Å²) in [5, 5.41) is 3.57. The van der Waals surface area contributed by atoms with Crippen molar-refractivity contribution in [1.82, 2.24) is 10.1 Å². The lowest BCUT2D eigenvalue weighted by Gasteiger charge is -1.90. The monoisotopic (exact) mass is 204 g/mol. The molecule has 0 unspecified atom stereocenters. The van der Waals surface area contributed by atoms with Gasteiger partial charge in [0, 0.05) is 12.3 Å². The fourth-order valence-electron chi connectivity index (χ4n) is 1.11. The lowest BCUT2D eigenvalue weighted by atomic mass is 10.2. The van der Waals surface area contributed by atoms with Crippen molar-refractivity contribution in [2.45, 2.75) is 0 Å². The predicted octanol–water partition coefficient (Wildman–Crippen LogP) is 1.52. The molecule has 0 atom stereocenters. The van der Waals surface area contributed by atoms with Crippen molar-refractivity contribution in [2.75, 3.05) is 7.11 Å². The molecule has 15 heavy (non-hydrogen) atoms. The van der Waals surface area contributed by atoms with Crippen molar-refractivity contribution >= 4 is 5.97 Å². The highest BCUT2D eigenvalue weighted by atomic mass is 16.5. The summed E-state index contributed by atoms with van der Waals surface area (Å²) < 4.78 is 9.46. The number of esters is 1. The molecule has 0 spiro atoms. The lowest BCUT2D eigenvalue weighted by Crippen LogP contribution is -2.00. The molecular weight excluding hydrogens is 196 g/mol. The van der Waals surface area contributed by atoms with Gasteiger partial charge < -0.3 is 9.26 Å². The summed E-state index contributed by atoms with van der Waals surface area (Å²) in [5.74, 6) is -0.0862. The second kappa shape index (κ2) is 3.91. The lowest BCUT2D eigenvalue weighted by molar-refractivity contribution is 0.0589. The first-order chi connectivity index (χ1) is 7.31. The van der Waals surface area contributed by atoms with E-state index in [0.29, 0.717) is 11.5 Å². The van der Waals surface area contributed by atoms with E-state index in [0.717, 1.165) is 0 Å². The van der Waals surface area contributed by atoms with Crippen molar-refractivity contribution < 1.29 is 14.1 Å². The molecule has 2 rings (SSSR count). The van der Waals surface area contributed by atoms with Crippen LogP contribution in [0.4, 0.5) is 0 Å². The number of methoxy groups -OCH3 is 1. The number of aromatic nitrogens is 2. The van der Waals surface area contributed by atoms with Gasteiger partial charge in [0.05, 0.1) is 7.11 Å². The summed E-state index contributed by atoms with van der Waals surface area (Å²) >= 11 is 0. The highest BCUT2D eigenvalue weighted by molar-refractivity contribution is 5.87. The fraction of sp³-hybridized carbons (Fsp3) is 0.100. The number of ether oxygens (including phenoxy) is 1. The van der Waals surface area contributed by atoms with E-state index in [-0.39, 0.29) is 5.69 Å². The van der Waals surface area contributed by atoms with Crippen molar-refractivity contribution in [3.8, 4) is 11.5 Å². The van der Waals surface area contributed by atoms with Crippen molar-refractivity contribution in [2.24, 2.45) is 0 Å². The van der Waals surface area contributed by atoms with Gasteiger partial charge in [-0.3, -0.25) is 4.98 Å². The average molecular weight is 204 g/mol. The molecular formula is C10H8N2O3. The summed E-state index contributed by atoms with van der Waals surface area (Å²) in [4.78, 5) is 15.2. The van der Waals surface area contributed by atoms with E-state index in [1.54, 1.807) is 18.3 Å². The molecule has 5 nitrogen and oxygen atoms in total. The van der Waals surface area contributed by atoms with Gasteiger partial charge in [-0.25, -0.2) is 4.79 Å². The Hall–Kier alpha value is -2.17. The van der Waals surface area contributed by atoms with Crippen molar-refractivity contribution in [3.63, 3.8) is 0 Å². The molecule has 0 aliphatic heterocycles. The third-order valence-corrected chi connectivity index (χ3v) is 1.82. The van der Waals surface area contributed by atoms with Crippen LogP contribution in [0, 0.1) is 0 Å². The number of carbonyl (C=O) groups excluding carboxylic acids is 1. The summed E-state index contributed by atoms with van der Waals surface area (Å²) in [6.45, 7) is 0. The summed E-state index contributed by atoms with van der Waals surface area (Å²) in [5.41, 5.74) is 0.762. The van der Waals surface area contributed by atoms with E-state index >= 15 is 0 Å². The molecule has 0 radical (unpaired) electrons. The molecule has 0 saturated heterocycles. The molecule has 2 aromatic rings. The van der Waals surface area contributed by atoms with Crippen LogP contribution in [0.25, 0.3) is 11.5 Å². The maximum atomic E-state index is 11.1. The molecule has 0 aliphatic carbocycles. The summed E-state index contributed by atoms with van der Waals surface area (Å²) in [6, 6.07) is 6.87. The molecule has 2 heterocycles. The molecule has 2 aromatic heterocycles. The summed E-state index contributed by atoms with van der Waals surface area (Å²) in [6.07, 6.45) is 1.63. The van der Waals surface area contributed by atoms with Gasteiger partial charge in [-0.05, 0) is 12.1 Å². The van der Waals surface area contributed by atoms with E-state index in [2.05, 4.69) is 14.9 Å². The standard InChI is InChI=1S/C10H8N2O3/c1-14-10(13)8-6-9(15-12-8)7-4-2-3-5-11-7/h2-6H,1H3. The zero-order valence-electron chi connectivity index (χ0n) is 8.01. The predicted molar refractivity (Wildman–Crippen MR) is 51.1 cm³/mol. The molecule has 0 aromatic carbocycles. The molecule has 5 heteroatoms.